The summed E-state index contributed by atoms with van der Waals surface area (Å²) in [6.07, 6.45) is -1.09. The Balaban J connectivity index is 2.32. The summed E-state index contributed by atoms with van der Waals surface area (Å²) in [5.74, 6) is -1.33. The largest absolute Gasteiger partial charge is 0.481 e. The van der Waals surface area contributed by atoms with Crippen molar-refractivity contribution >= 4 is 23.3 Å². The number of amides is 1. The van der Waals surface area contributed by atoms with Crippen molar-refractivity contribution in [3.05, 3.63) is 23.8 Å². The second kappa shape index (κ2) is 6.26. The lowest BCUT2D eigenvalue weighted by molar-refractivity contribution is -0.137. The Morgan fingerprint density at radius 1 is 1.41 bits per heavy atom. The quantitative estimate of drug-likeness (QED) is 0.650. The Hall–Kier alpha value is -2.88. The highest BCUT2D eigenvalue weighted by atomic mass is 16.5. The molecule has 0 radical (unpaired) electrons. The number of carbonyl (C=O) groups excluding carboxylic acids is 2. The Kier molecular flexibility index (Phi) is 4.41. The average molecular weight is 302 g/mol. The maximum Gasteiger partial charge on any atom is 0.303 e. The third-order valence-electron chi connectivity index (χ3n) is 3.28. The number of fused-ring (bicyclic) bond motifs is 1. The van der Waals surface area contributed by atoms with E-state index < -0.39 is 12.1 Å². The molecule has 1 aliphatic rings. The van der Waals surface area contributed by atoms with Crippen molar-refractivity contribution in [1.82, 2.24) is 0 Å². The standard InChI is InChI=1S/C15H14N2O5/c1-9-15(21)17(7-6-16)11-8-10(2-4-13(11)22-9)12(18)3-5-14(19)20/h2,4,8-9H,3,5,7H2,1H3,(H,19,20). The molecule has 1 aliphatic heterocycles. The summed E-state index contributed by atoms with van der Waals surface area (Å²) in [6, 6.07) is 6.44. The number of nitriles is 1. The van der Waals surface area contributed by atoms with Crippen LogP contribution in [0.3, 0.4) is 0 Å². The molecule has 2 rings (SSSR count). The van der Waals surface area contributed by atoms with E-state index in [1.54, 1.807) is 13.0 Å². The summed E-state index contributed by atoms with van der Waals surface area (Å²) in [4.78, 5) is 35.8. The molecule has 7 heteroatoms. The van der Waals surface area contributed by atoms with Crippen molar-refractivity contribution < 1.29 is 24.2 Å². The SMILES string of the molecule is CC1Oc2ccc(C(=O)CCC(=O)O)cc2N(CC#N)C1=O. The van der Waals surface area contributed by atoms with E-state index in [9.17, 15) is 14.4 Å². The molecule has 0 aliphatic carbocycles. The van der Waals surface area contributed by atoms with E-state index in [1.807, 2.05) is 6.07 Å². The first-order valence-corrected chi connectivity index (χ1v) is 6.68. The first-order valence-electron chi connectivity index (χ1n) is 6.68. The summed E-state index contributed by atoms with van der Waals surface area (Å²) in [7, 11) is 0. The molecular weight excluding hydrogens is 288 g/mol. The Bertz CT molecular complexity index is 677. The van der Waals surface area contributed by atoms with Crippen LogP contribution in [0.5, 0.6) is 5.75 Å². The molecule has 0 aromatic heterocycles. The summed E-state index contributed by atoms with van der Waals surface area (Å²) >= 11 is 0. The van der Waals surface area contributed by atoms with Gasteiger partial charge in [0, 0.05) is 12.0 Å². The van der Waals surface area contributed by atoms with Gasteiger partial charge in [0.25, 0.3) is 5.91 Å². The summed E-state index contributed by atoms with van der Waals surface area (Å²) < 4.78 is 5.45. The third kappa shape index (κ3) is 3.06. The van der Waals surface area contributed by atoms with Crippen LogP contribution in [0.15, 0.2) is 18.2 Å². The van der Waals surface area contributed by atoms with E-state index in [0.29, 0.717) is 11.4 Å². The maximum atomic E-state index is 12.1. The summed E-state index contributed by atoms with van der Waals surface area (Å²) in [5.41, 5.74) is 0.639. The van der Waals surface area contributed by atoms with Gasteiger partial charge in [0.2, 0.25) is 0 Å². The van der Waals surface area contributed by atoms with Gasteiger partial charge in [-0.1, -0.05) is 0 Å². The predicted octanol–water partition coefficient (Wildman–Crippen LogP) is 1.37. The van der Waals surface area contributed by atoms with Crippen LogP contribution in [0, 0.1) is 11.3 Å². The normalized spacial score (nSPS) is 16.5. The number of nitrogens with zero attached hydrogens (tertiary/aromatic N) is 2. The number of carboxylic acid groups (broad SMARTS) is 1. The van der Waals surface area contributed by atoms with Crippen LogP contribution in [-0.2, 0) is 9.59 Å². The van der Waals surface area contributed by atoms with Gasteiger partial charge in [0.15, 0.2) is 11.9 Å². The fourth-order valence-electron chi connectivity index (χ4n) is 2.18. The number of carboxylic acids is 1. The number of ether oxygens (including phenoxy) is 1. The van der Waals surface area contributed by atoms with Crippen LogP contribution in [0.2, 0.25) is 0 Å². The number of hydrogen-bond donors (Lipinski definition) is 1. The number of carbonyl (C=O) groups is 3. The fraction of sp³-hybridized carbons (Fsp3) is 0.333. The van der Waals surface area contributed by atoms with Crippen molar-refractivity contribution in [2.45, 2.75) is 25.9 Å². The molecule has 1 unspecified atom stereocenters. The molecule has 0 fully saturated rings. The Morgan fingerprint density at radius 3 is 2.77 bits per heavy atom. The number of anilines is 1. The molecule has 1 atom stereocenters. The fourth-order valence-corrected chi connectivity index (χ4v) is 2.18. The van der Waals surface area contributed by atoms with Gasteiger partial charge in [0.1, 0.15) is 12.3 Å². The molecule has 1 aromatic rings. The third-order valence-corrected chi connectivity index (χ3v) is 3.28. The second-order valence-electron chi connectivity index (χ2n) is 4.84. The van der Waals surface area contributed by atoms with E-state index in [2.05, 4.69) is 0 Å². The maximum absolute atomic E-state index is 12.1. The average Bonchev–Trinajstić information content (AvgIpc) is 2.49. The van der Waals surface area contributed by atoms with Gasteiger partial charge in [-0.2, -0.15) is 5.26 Å². The van der Waals surface area contributed by atoms with Gasteiger partial charge in [-0.25, -0.2) is 0 Å². The minimum Gasteiger partial charge on any atom is -0.481 e. The number of rotatable bonds is 5. The van der Waals surface area contributed by atoms with Gasteiger partial charge < -0.3 is 9.84 Å². The first-order chi connectivity index (χ1) is 10.4. The lowest BCUT2D eigenvalue weighted by atomic mass is 10.0. The molecule has 114 valence electrons. The smallest absolute Gasteiger partial charge is 0.303 e. The molecular formula is C15H14N2O5. The van der Waals surface area contributed by atoms with Crippen molar-refractivity contribution in [2.75, 3.05) is 11.4 Å². The molecule has 0 saturated carbocycles. The zero-order chi connectivity index (χ0) is 16.3. The Morgan fingerprint density at radius 2 is 2.14 bits per heavy atom. The van der Waals surface area contributed by atoms with Crippen molar-refractivity contribution in [2.24, 2.45) is 0 Å². The molecule has 0 bridgehead atoms. The highest BCUT2D eigenvalue weighted by Crippen LogP contribution is 2.35. The van der Waals surface area contributed by atoms with Crippen LogP contribution in [0.1, 0.15) is 30.1 Å². The van der Waals surface area contributed by atoms with Gasteiger partial charge >= 0.3 is 5.97 Å². The molecule has 1 amide bonds. The van der Waals surface area contributed by atoms with E-state index in [-0.39, 0.29) is 36.6 Å². The monoisotopic (exact) mass is 302 g/mol. The Labute approximate surface area is 126 Å². The molecule has 7 nitrogen and oxygen atoms in total. The molecule has 1 N–H and O–H groups in total. The van der Waals surface area contributed by atoms with Crippen LogP contribution >= 0.6 is 0 Å². The van der Waals surface area contributed by atoms with Crippen molar-refractivity contribution in [3.63, 3.8) is 0 Å². The highest BCUT2D eigenvalue weighted by molar-refractivity contribution is 6.03. The number of Topliss-reactive ketones (excluding diaryl/α,β-unsaturated/α-hetero) is 1. The topological polar surface area (TPSA) is 108 Å². The van der Waals surface area contributed by atoms with Crippen LogP contribution in [0.4, 0.5) is 5.69 Å². The number of hydrogen-bond acceptors (Lipinski definition) is 5. The number of ketones is 1. The van der Waals surface area contributed by atoms with Crippen molar-refractivity contribution in [1.29, 1.82) is 5.26 Å². The van der Waals surface area contributed by atoms with E-state index >= 15 is 0 Å². The summed E-state index contributed by atoms with van der Waals surface area (Å²) in [5, 5.41) is 17.5. The first kappa shape index (κ1) is 15.5. The van der Waals surface area contributed by atoms with E-state index in [0.717, 1.165) is 0 Å². The van der Waals surface area contributed by atoms with Crippen LogP contribution < -0.4 is 9.64 Å². The van der Waals surface area contributed by atoms with Gasteiger partial charge in [-0.15, -0.1) is 0 Å². The van der Waals surface area contributed by atoms with Crippen LogP contribution in [-0.4, -0.2) is 35.4 Å². The minimum absolute atomic E-state index is 0.127. The highest BCUT2D eigenvalue weighted by Gasteiger charge is 2.31. The van der Waals surface area contributed by atoms with Gasteiger partial charge in [-0.05, 0) is 25.1 Å². The molecule has 22 heavy (non-hydrogen) atoms. The lowest BCUT2D eigenvalue weighted by Gasteiger charge is -2.31. The van der Waals surface area contributed by atoms with Gasteiger partial charge in [-0.3, -0.25) is 19.3 Å². The number of aliphatic carboxylic acids is 1. The van der Waals surface area contributed by atoms with Gasteiger partial charge in [0.05, 0.1) is 18.2 Å². The zero-order valence-electron chi connectivity index (χ0n) is 11.9. The predicted molar refractivity (Wildman–Crippen MR) is 75.7 cm³/mol. The number of benzene rings is 1. The summed E-state index contributed by atoms with van der Waals surface area (Å²) in [6.45, 7) is 1.44. The molecule has 0 spiro atoms. The molecule has 1 heterocycles. The van der Waals surface area contributed by atoms with Crippen molar-refractivity contribution in [3.8, 4) is 11.8 Å². The molecule has 0 saturated heterocycles. The zero-order valence-corrected chi connectivity index (χ0v) is 11.9. The minimum atomic E-state index is -1.05. The second-order valence-corrected chi connectivity index (χ2v) is 4.84. The van der Waals surface area contributed by atoms with E-state index in [1.165, 1.54) is 17.0 Å². The van der Waals surface area contributed by atoms with Crippen LogP contribution in [0.25, 0.3) is 0 Å². The van der Waals surface area contributed by atoms with E-state index in [4.69, 9.17) is 15.1 Å². The lowest BCUT2D eigenvalue weighted by Crippen LogP contribution is -2.44. The molecule has 1 aromatic carbocycles.